The van der Waals surface area contributed by atoms with Gasteiger partial charge < -0.3 is 10.0 Å². The summed E-state index contributed by atoms with van der Waals surface area (Å²) in [6.45, 7) is 2.81. The standard InChI is InChI=1S/C13H16ClNO2/c1-9-6-7-15(12(9)8-16)13(17)10-2-4-11(14)5-3-10/h2-5,9,12,16H,6-8H2,1H3. The largest absolute Gasteiger partial charge is 0.394 e. The number of aliphatic hydroxyl groups is 1. The van der Waals surface area contributed by atoms with Gasteiger partial charge in [-0.1, -0.05) is 18.5 Å². The monoisotopic (exact) mass is 253 g/mol. The van der Waals surface area contributed by atoms with Gasteiger partial charge in [0.2, 0.25) is 0 Å². The zero-order valence-corrected chi connectivity index (χ0v) is 10.5. The third-order valence-corrected chi connectivity index (χ3v) is 3.67. The van der Waals surface area contributed by atoms with Crippen LogP contribution in [-0.4, -0.2) is 35.1 Å². The second kappa shape index (κ2) is 5.07. The van der Waals surface area contributed by atoms with E-state index in [4.69, 9.17) is 11.6 Å². The molecule has 2 atom stereocenters. The summed E-state index contributed by atoms with van der Waals surface area (Å²) in [4.78, 5) is 14.0. The Morgan fingerprint density at radius 3 is 2.71 bits per heavy atom. The molecule has 1 saturated heterocycles. The molecular weight excluding hydrogens is 238 g/mol. The minimum atomic E-state index is -0.0572. The topological polar surface area (TPSA) is 40.5 Å². The van der Waals surface area contributed by atoms with Gasteiger partial charge in [-0.25, -0.2) is 0 Å². The summed E-state index contributed by atoms with van der Waals surface area (Å²) in [6, 6.07) is 6.81. The summed E-state index contributed by atoms with van der Waals surface area (Å²) >= 11 is 5.79. The maximum absolute atomic E-state index is 12.2. The number of aliphatic hydroxyl groups excluding tert-OH is 1. The Morgan fingerprint density at radius 1 is 1.47 bits per heavy atom. The SMILES string of the molecule is CC1CCN(C(=O)c2ccc(Cl)cc2)C1CO. The van der Waals surface area contributed by atoms with E-state index in [1.807, 2.05) is 0 Å². The van der Waals surface area contributed by atoms with Crippen molar-refractivity contribution in [2.75, 3.05) is 13.2 Å². The van der Waals surface area contributed by atoms with E-state index in [1.54, 1.807) is 29.2 Å². The van der Waals surface area contributed by atoms with Gasteiger partial charge in [0.05, 0.1) is 12.6 Å². The molecule has 92 valence electrons. The first-order valence-corrected chi connectivity index (χ1v) is 6.18. The Hall–Kier alpha value is -1.06. The van der Waals surface area contributed by atoms with Crippen molar-refractivity contribution in [2.45, 2.75) is 19.4 Å². The predicted octanol–water partition coefficient (Wildman–Crippen LogP) is 2.18. The van der Waals surface area contributed by atoms with Gasteiger partial charge in [-0.05, 0) is 36.6 Å². The number of carbonyl (C=O) groups excluding carboxylic acids is 1. The van der Waals surface area contributed by atoms with Crippen LogP contribution < -0.4 is 0 Å². The molecule has 1 amide bonds. The molecule has 3 nitrogen and oxygen atoms in total. The molecule has 17 heavy (non-hydrogen) atoms. The number of likely N-dealkylation sites (tertiary alicyclic amines) is 1. The number of hydrogen-bond donors (Lipinski definition) is 1. The molecule has 0 saturated carbocycles. The van der Waals surface area contributed by atoms with Gasteiger partial charge in [-0.3, -0.25) is 4.79 Å². The van der Waals surface area contributed by atoms with E-state index >= 15 is 0 Å². The first-order valence-electron chi connectivity index (χ1n) is 5.81. The molecule has 0 radical (unpaired) electrons. The molecule has 1 aromatic rings. The van der Waals surface area contributed by atoms with Gasteiger partial charge >= 0.3 is 0 Å². The van der Waals surface area contributed by atoms with Crippen molar-refractivity contribution >= 4 is 17.5 Å². The van der Waals surface area contributed by atoms with Crippen LogP contribution in [0.25, 0.3) is 0 Å². The Morgan fingerprint density at radius 2 is 2.12 bits per heavy atom. The van der Waals surface area contributed by atoms with E-state index in [0.29, 0.717) is 23.0 Å². The maximum Gasteiger partial charge on any atom is 0.254 e. The van der Waals surface area contributed by atoms with Crippen LogP contribution in [0.15, 0.2) is 24.3 Å². The smallest absolute Gasteiger partial charge is 0.254 e. The van der Waals surface area contributed by atoms with E-state index in [9.17, 15) is 9.90 Å². The van der Waals surface area contributed by atoms with Crippen LogP contribution in [0.1, 0.15) is 23.7 Å². The average Bonchev–Trinajstić information content (AvgIpc) is 2.70. The third-order valence-electron chi connectivity index (χ3n) is 3.42. The quantitative estimate of drug-likeness (QED) is 0.878. The van der Waals surface area contributed by atoms with Crippen LogP contribution in [0.5, 0.6) is 0 Å². The highest BCUT2D eigenvalue weighted by atomic mass is 35.5. The molecule has 1 heterocycles. The lowest BCUT2D eigenvalue weighted by Crippen LogP contribution is -2.39. The molecule has 1 aliphatic rings. The minimum Gasteiger partial charge on any atom is -0.394 e. The second-order valence-electron chi connectivity index (χ2n) is 4.52. The van der Waals surface area contributed by atoms with E-state index in [-0.39, 0.29) is 18.6 Å². The number of rotatable bonds is 2. The number of nitrogens with zero attached hydrogens (tertiary/aromatic N) is 1. The second-order valence-corrected chi connectivity index (χ2v) is 4.96. The fourth-order valence-electron chi connectivity index (χ4n) is 2.30. The minimum absolute atomic E-state index is 0.0231. The first-order chi connectivity index (χ1) is 8.13. The number of amides is 1. The van der Waals surface area contributed by atoms with Crippen LogP contribution >= 0.6 is 11.6 Å². The lowest BCUT2D eigenvalue weighted by Gasteiger charge is -2.25. The molecular formula is C13H16ClNO2. The van der Waals surface area contributed by atoms with Crippen molar-refractivity contribution in [3.05, 3.63) is 34.9 Å². The van der Waals surface area contributed by atoms with E-state index in [1.165, 1.54) is 0 Å². The Labute approximate surface area is 106 Å². The molecule has 0 aliphatic carbocycles. The first kappa shape index (κ1) is 12.4. The molecule has 2 rings (SSSR count). The predicted molar refractivity (Wildman–Crippen MR) is 67.1 cm³/mol. The molecule has 0 bridgehead atoms. The van der Waals surface area contributed by atoms with E-state index in [0.717, 1.165) is 6.42 Å². The molecule has 0 spiro atoms. The zero-order chi connectivity index (χ0) is 12.4. The number of halogens is 1. The lowest BCUT2D eigenvalue weighted by atomic mass is 10.0. The van der Waals surface area contributed by atoms with Crippen molar-refractivity contribution in [2.24, 2.45) is 5.92 Å². The Balaban J connectivity index is 2.17. The Bertz CT molecular complexity index is 404. The van der Waals surface area contributed by atoms with Crippen LogP contribution in [0.3, 0.4) is 0 Å². The summed E-state index contributed by atoms with van der Waals surface area (Å²) in [5.41, 5.74) is 0.627. The molecule has 1 aromatic carbocycles. The highest BCUT2D eigenvalue weighted by molar-refractivity contribution is 6.30. The highest BCUT2D eigenvalue weighted by Gasteiger charge is 2.34. The van der Waals surface area contributed by atoms with Crippen LogP contribution in [-0.2, 0) is 0 Å². The summed E-state index contributed by atoms with van der Waals surface area (Å²) in [6.07, 6.45) is 0.949. The molecule has 4 heteroatoms. The van der Waals surface area contributed by atoms with Crippen LogP contribution in [0, 0.1) is 5.92 Å². The summed E-state index contributed by atoms with van der Waals surface area (Å²) in [7, 11) is 0. The number of benzene rings is 1. The van der Waals surface area contributed by atoms with Gasteiger partial charge in [0, 0.05) is 17.1 Å². The number of carbonyl (C=O) groups is 1. The molecule has 1 fully saturated rings. The molecule has 0 aromatic heterocycles. The van der Waals surface area contributed by atoms with E-state index < -0.39 is 0 Å². The summed E-state index contributed by atoms with van der Waals surface area (Å²) < 4.78 is 0. The van der Waals surface area contributed by atoms with Crippen molar-refractivity contribution in [3.63, 3.8) is 0 Å². The maximum atomic E-state index is 12.2. The molecule has 1 N–H and O–H groups in total. The van der Waals surface area contributed by atoms with Crippen molar-refractivity contribution < 1.29 is 9.90 Å². The van der Waals surface area contributed by atoms with Crippen LogP contribution in [0.4, 0.5) is 0 Å². The van der Waals surface area contributed by atoms with Gasteiger partial charge in [0.15, 0.2) is 0 Å². The summed E-state index contributed by atoms with van der Waals surface area (Å²) in [5.74, 6) is 0.335. The Kier molecular flexibility index (Phi) is 3.69. The van der Waals surface area contributed by atoms with Gasteiger partial charge in [0.1, 0.15) is 0 Å². The summed E-state index contributed by atoms with van der Waals surface area (Å²) in [5, 5.41) is 9.95. The van der Waals surface area contributed by atoms with Gasteiger partial charge in [-0.15, -0.1) is 0 Å². The van der Waals surface area contributed by atoms with Crippen LogP contribution in [0.2, 0.25) is 5.02 Å². The van der Waals surface area contributed by atoms with Gasteiger partial charge in [0.25, 0.3) is 5.91 Å². The molecule has 1 aliphatic heterocycles. The normalized spacial score (nSPS) is 24.1. The van der Waals surface area contributed by atoms with Gasteiger partial charge in [-0.2, -0.15) is 0 Å². The average molecular weight is 254 g/mol. The third kappa shape index (κ3) is 2.45. The van der Waals surface area contributed by atoms with E-state index in [2.05, 4.69) is 6.92 Å². The lowest BCUT2D eigenvalue weighted by molar-refractivity contribution is 0.0648. The highest BCUT2D eigenvalue weighted by Crippen LogP contribution is 2.25. The van der Waals surface area contributed by atoms with Crippen molar-refractivity contribution in [3.8, 4) is 0 Å². The molecule has 2 unspecified atom stereocenters. The van der Waals surface area contributed by atoms with Crippen molar-refractivity contribution in [1.29, 1.82) is 0 Å². The zero-order valence-electron chi connectivity index (χ0n) is 9.77. The fraction of sp³-hybridized carbons (Fsp3) is 0.462. The number of hydrogen-bond acceptors (Lipinski definition) is 2. The fourth-order valence-corrected chi connectivity index (χ4v) is 2.42. The van der Waals surface area contributed by atoms with Crippen molar-refractivity contribution in [1.82, 2.24) is 4.90 Å².